The summed E-state index contributed by atoms with van der Waals surface area (Å²) in [6.07, 6.45) is 3.90. The van der Waals surface area contributed by atoms with Crippen molar-refractivity contribution in [3.63, 3.8) is 0 Å². The zero-order valence-corrected chi connectivity index (χ0v) is 13.7. The number of amides is 1. The van der Waals surface area contributed by atoms with E-state index in [-0.39, 0.29) is 15.9 Å². The summed E-state index contributed by atoms with van der Waals surface area (Å²) >= 11 is 2.85. The second-order valence-corrected chi connectivity index (χ2v) is 7.34. The first-order valence-corrected chi connectivity index (χ1v) is 8.96. The maximum absolute atomic E-state index is 13.8. The number of sulfonamides is 1. The third-order valence-corrected chi connectivity index (χ3v) is 5.45. The zero-order valence-electron chi connectivity index (χ0n) is 11.3. The third kappa shape index (κ3) is 3.81. The Labute approximate surface area is 131 Å². The van der Waals surface area contributed by atoms with Gasteiger partial charge >= 0.3 is 0 Å². The molecule has 116 valence electrons. The van der Waals surface area contributed by atoms with Gasteiger partial charge in [-0.15, -0.1) is 0 Å². The minimum absolute atomic E-state index is 0.00150. The van der Waals surface area contributed by atoms with E-state index in [1.54, 1.807) is 4.90 Å². The Morgan fingerprint density at radius 2 is 1.76 bits per heavy atom. The minimum atomic E-state index is -4.11. The van der Waals surface area contributed by atoms with Crippen LogP contribution in [0, 0.1) is 5.82 Å². The highest BCUT2D eigenvalue weighted by molar-refractivity contribution is 9.10. The van der Waals surface area contributed by atoms with Crippen LogP contribution in [0.25, 0.3) is 0 Å². The summed E-state index contributed by atoms with van der Waals surface area (Å²) < 4.78 is 36.5. The van der Waals surface area contributed by atoms with Crippen LogP contribution in [-0.4, -0.2) is 32.3 Å². The highest BCUT2D eigenvalue weighted by atomic mass is 79.9. The average Bonchev–Trinajstić information content (AvgIpc) is 2.68. The van der Waals surface area contributed by atoms with Crippen LogP contribution in [0.5, 0.6) is 0 Å². The lowest BCUT2D eigenvalue weighted by Crippen LogP contribution is -2.32. The van der Waals surface area contributed by atoms with Gasteiger partial charge in [0.15, 0.2) is 0 Å². The van der Waals surface area contributed by atoms with E-state index in [0.717, 1.165) is 37.8 Å². The van der Waals surface area contributed by atoms with Crippen molar-refractivity contribution >= 4 is 31.9 Å². The summed E-state index contributed by atoms with van der Waals surface area (Å²) in [6, 6.07) is 2.15. The number of nitrogens with two attached hydrogens (primary N) is 1. The number of nitrogens with zero attached hydrogens (tertiary/aromatic N) is 1. The van der Waals surface area contributed by atoms with Crippen LogP contribution in [0.2, 0.25) is 0 Å². The van der Waals surface area contributed by atoms with Crippen LogP contribution in [0.15, 0.2) is 21.5 Å². The molecule has 0 aromatic heterocycles. The minimum Gasteiger partial charge on any atom is -0.339 e. The molecule has 1 heterocycles. The molecule has 5 nitrogen and oxygen atoms in total. The van der Waals surface area contributed by atoms with Crippen LogP contribution in [0.3, 0.4) is 0 Å². The van der Waals surface area contributed by atoms with Gasteiger partial charge in [-0.1, -0.05) is 12.8 Å². The Morgan fingerprint density at radius 3 is 2.29 bits per heavy atom. The third-order valence-electron chi connectivity index (χ3n) is 3.44. The van der Waals surface area contributed by atoms with Gasteiger partial charge in [-0.2, -0.15) is 0 Å². The summed E-state index contributed by atoms with van der Waals surface area (Å²) in [5.41, 5.74) is 0.00150. The van der Waals surface area contributed by atoms with Gasteiger partial charge in [0.05, 0.1) is 9.37 Å². The molecule has 0 atom stereocenters. The van der Waals surface area contributed by atoms with Gasteiger partial charge in [0.1, 0.15) is 5.82 Å². The van der Waals surface area contributed by atoms with Crippen molar-refractivity contribution in [3.05, 3.63) is 28.0 Å². The van der Waals surface area contributed by atoms with Crippen molar-refractivity contribution in [2.75, 3.05) is 13.1 Å². The Morgan fingerprint density at radius 1 is 1.19 bits per heavy atom. The number of benzene rings is 1. The van der Waals surface area contributed by atoms with Gasteiger partial charge < -0.3 is 4.90 Å². The molecule has 1 fully saturated rings. The van der Waals surface area contributed by atoms with Crippen LogP contribution < -0.4 is 5.14 Å². The molecule has 1 saturated heterocycles. The van der Waals surface area contributed by atoms with Crippen molar-refractivity contribution in [3.8, 4) is 0 Å². The standard InChI is InChI=1S/C13H16BrFN2O3S/c14-12-10(15)7-9(8-11(12)21(16,19)20)13(18)17-5-3-1-2-4-6-17/h7-8H,1-6H2,(H2,16,19,20). The van der Waals surface area contributed by atoms with Crippen LogP contribution >= 0.6 is 15.9 Å². The molecule has 8 heteroatoms. The molecular formula is C13H16BrFN2O3S. The van der Waals surface area contributed by atoms with Crippen molar-refractivity contribution in [1.82, 2.24) is 4.90 Å². The largest absolute Gasteiger partial charge is 0.339 e. The second kappa shape index (κ2) is 6.41. The molecule has 1 aromatic rings. The fraction of sp³-hybridized carbons (Fsp3) is 0.462. The molecule has 1 aliphatic rings. The Bertz CT molecular complexity index is 656. The quantitative estimate of drug-likeness (QED) is 0.856. The van der Waals surface area contributed by atoms with E-state index in [2.05, 4.69) is 15.9 Å². The van der Waals surface area contributed by atoms with Gasteiger partial charge in [-0.25, -0.2) is 17.9 Å². The first-order chi connectivity index (χ1) is 9.80. The molecule has 0 saturated carbocycles. The summed E-state index contributed by atoms with van der Waals surface area (Å²) in [5.74, 6) is -1.19. The van der Waals surface area contributed by atoms with Crippen LogP contribution in [0.4, 0.5) is 4.39 Å². The van der Waals surface area contributed by atoms with E-state index in [9.17, 15) is 17.6 Å². The summed E-state index contributed by atoms with van der Waals surface area (Å²) in [6.45, 7) is 1.20. The van der Waals surface area contributed by atoms with E-state index >= 15 is 0 Å². The first-order valence-electron chi connectivity index (χ1n) is 6.62. The number of likely N-dealkylation sites (tertiary alicyclic amines) is 1. The Kier molecular flexibility index (Phi) is 5.00. The van der Waals surface area contributed by atoms with Crippen LogP contribution in [-0.2, 0) is 10.0 Å². The molecular weight excluding hydrogens is 363 g/mol. The molecule has 0 radical (unpaired) electrons. The van der Waals surface area contributed by atoms with Crippen molar-refractivity contribution in [2.24, 2.45) is 5.14 Å². The second-order valence-electron chi connectivity index (χ2n) is 5.02. The average molecular weight is 379 g/mol. The summed E-state index contributed by atoms with van der Waals surface area (Å²) in [4.78, 5) is 13.6. The number of hydrogen-bond donors (Lipinski definition) is 1. The van der Waals surface area contributed by atoms with Crippen LogP contribution in [0.1, 0.15) is 36.0 Å². The van der Waals surface area contributed by atoms with Gasteiger partial charge in [0, 0.05) is 18.7 Å². The molecule has 0 unspecified atom stereocenters. The lowest BCUT2D eigenvalue weighted by Gasteiger charge is -2.20. The number of halogens is 2. The Hall–Kier alpha value is -0.990. The van der Waals surface area contributed by atoms with Gasteiger partial charge in [-0.3, -0.25) is 4.79 Å². The zero-order chi connectivity index (χ0) is 15.6. The number of hydrogen-bond acceptors (Lipinski definition) is 3. The predicted octanol–water partition coefficient (Wildman–Crippen LogP) is 2.25. The molecule has 1 aliphatic heterocycles. The van der Waals surface area contributed by atoms with Gasteiger partial charge in [-0.05, 0) is 40.9 Å². The molecule has 1 aromatic carbocycles. The molecule has 2 rings (SSSR count). The summed E-state index contributed by atoms with van der Waals surface area (Å²) in [7, 11) is -4.11. The normalized spacial score (nSPS) is 16.6. The smallest absolute Gasteiger partial charge is 0.254 e. The van der Waals surface area contributed by atoms with E-state index in [4.69, 9.17) is 5.14 Å². The first kappa shape index (κ1) is 16.4. The van der Waals surface area contributed by atoms with Gasteiger partial charge in [0.2, 0.25) is 10.0 Å². The van der Waals surface area contributed by atoms with Crippen molar-refractivity contribution < 1.29 is 17.6 Å². The maximum atomic E-state index is 13.8. The molecule has 2 N–H and O–H groups in total. The molecule has 1 amide bonds. The van der Waals surface area contributed by atoms with E-state index in [0.29, 0.717) is 13.1 Å². The van der Waals surface area contributed by atoms with Crippen molar-refractivity contribution in [2.45, 2.75) is 30.6 Å². The number of primary sulfonamides is 1. The monoisotopic (exact) mass is 378 g/mol. The van der Waals surface area contributed by atoms with Gasteiger partial charge in [0.25, 0.3) is 5.91 Å². The van der Waals surface area contributed by atoms with E-state index in [1.807, 2.05) is 0 Å². The SMILES string of the molecule is NS(=O)(=O)c1cc(C(=O)N2CCCCCC2)cc(F)c1Br. The number of rotatable bonds is 2. The highest BCUT2D eigenvalue weighted by Crippen LogP contribution is 2.26. The summed E-state index contributed by atoms with van der Waals surface area (Å²) in [5, 5.41) is 5.05. The Balaban J connectivity index is 2.39. The maximum Gasteiger partial charge on any atom is 0.254 e. The molecule has 0 spiro atoms. The predicted molar refractivity (Wildman–Crippen MR) is 79.8 cm³/mol. The molecule has 21 heavy (non-hydrogen) atoms. The lowest BCUT2D eigenvalue weighted by atomic mass is 10.2. The number of carbonyl (C=O) groups is 1. The fourth-order valence-electron chi connectivity index (χ4n) is 2.35. The van der Waals surface area contributed by atoms with E-state index in [1.165, 1.54) is 0 Å². The topological polar surface area (TPSA) is 80.5 Å². The molecule has 0 bridgehead atoms. The fourth-order valence-corrected chi connectivity index (χ4v) is 3.90. The van der Waals surface area contributed by atoms with E-state index < -0.39 is 20.7 Å². The van der Waals surface area contributed by atoms with Crippen molar-refractivity contribution in [1.29, 1.82) is 0 Å². The highest BCUT2D eigenvalue weighted by Gasteiger charge is 2.23. The molecule has 0 aliphatic carbocycles. The lowest BCUT2D eigenvalue weighted by molar-refractivity contribution is 0.0761. The number of carbonyl (C=O) groups excluding carboxylic acids is 1.